The molecule has 1 aromatic rings. The summed E-state index contributed by atoms with van der Waals surface area (Å²) in [6.45, 7) is 4.46. The average molecular weight is 332 g/mol. The van der Waals surface area contributed by atoms with E-state index >= 15 is 0 Å². The molecule has 24 heavy (non-hydrogen) atoms. The summed E-state index contributed by atoms with van der Waals surface area (Å²) < 4.78 is 24.3. The second-order valence-corrected chi connectivity index (χ2v) is 7.94. The lowest BCUT2D eigenvalue weighted by Crippen LogP contribution is -2.48. The molecule has 3 heterocycles. The first kappa shape index (κ1) is 15.3. The summed E-state index contributed by atoms with van der Waals surface area (Å²) in [5.41, 5.74) is 1.18. The van der Waals surface area contributed by atoms with Crippen LogP contribution in [-0.4, -0.2) is 48.2 Å². The Hall–Kier alpha value is -0.980. The van der Waals surface area contributed by atoms with Crippen molar-refractivity contribution in [3.05, 3.63) is 35.9 Å². The van der Waals surface area contributed by atoms with E-state index in [4.69, 9.17) is 18.9 Å². The Morgan fingerprint density at radius 2 is 1.83 bits per heavy atom. The Balaban J connectivity index is 1.46. The molecule has 3 aliphatic heterocycles. The molecule has 5 heteroatoms. The third kappa shape index (κ3) is 2.19. The van der Waals surface area contributed by atoms with E-state index in [1.807, 2.05) is 32.0 Å². The first-order valence-electron chi connectivity index (χ1n) is 8.89. The van der Waals surface area contributed by atoms with Crippen LogP contribution in [0.15, 0.2) is 30.3 Å². The molecule has 3 saturated heterocycles. The van der Waals surface area contributed by atoms with Crippen LogP contribution in [0.3, 0.4) is 0 Å². The van der Waals surface area contributed by atoms with Gasteiger partial charge in [-0.25, -0.2) is 0 Å². The van der Waals surface area contributed by atoms with E-state index in [1.165, 1.54) is 5.56 Å². The zero-order valence-electron chi connectivity index (χ0n) is 14.0. The number of aliphatic hydroxyl groups is 1. The second-order valence-electron chi connectivity index (χ2n) is 7.94. The number of hydrogen-bond donors (Lipinski definition) is 1. The van der Waals surface area contributed by atoms with Gasteiger partial charge in [0.2, 0.25) is 0 Å². The zero-order valence-corrected chi connectivity index (χ0v) is 14.0. The van der Waals surface area contributed by atoms with Gasteiger partial charge in [0.1, 0.15) is 12.2 Å². The highest BCUT2D eigenvalue weighted by molar-refractivity contribution is 5.26. The molecule has 1 aliphatic carbocycles. The number of rotatable bonds is 1. The molecule has 130 valence electrons. The van der Waals surface area contributed by atoms with Gasteiger partial charge in [-0.2, -0.15) is 0 Å². The normalized spacial score (nSPS) is 48.8. The summed E-state index contributed by atoms with van der Waals surface area (Å²) in [4.78, 5) is 0. The van der Waals surface area contributed by atoms with Crippen molar-refractivity contribution < 1.29 is 24.1 Å². The monoisotopic (exact) mass is 332 g/mol. The summed E-state index contributed by atoms with van der Waals surface area (Å²) in [5.74, 6) is 0.00827. The molecular formula is C19H24O5. The van der Waals surface area contributed by atoms with E-state index in [2.05, 4.69) is 12.1 Å². The third-order valence-corrected chi connectivity index (χ3v) is 6.01. The van der Waals surface area contributed by atoms with E-state index in [0.717, 1.165) is 6.42 Å². The number of aliphatic hydroxyl groups excluding tert-OH is 1. The fourth-order valence-corrected chi connectivity index (χ4v) is 5.17. The van der Waals surface area contributed by atoms with Crippen LogP contribution in [0.25, 0.3) is 0 Å². The van der Waals surface area contributed by atoms with E-state index in [0.29, 0.717) is 12.5 Å². The smallest absolute Gasteiger partial charge is 0.190 e. The molecule has 4 fully saturated rings. The van der Waals surface area contributed by atoms with E-state index in [-0.39, 0.29) is 42.5 Å². The van der Waals surface area contributed by atoms with Crippen molar-refractivity contribution in [1.29, 1.82) is 0 Å². The zero-order chi connectivity index (χ0) is 16.5. The molecule has 4 aliphatic rings. The van der Waals surface area contributed by atoms with Crippen LogP contribution in [0.5, 0.6) is 0 Å². The van der Waals surface area contributed by atoms with E-state index < -0.39 is 5.79 Å². The summed E-state index contributed by atoms with van der Waals surface area (Å²) in [7, 11) is 0. The van der Waals surface area contributed by atoms with Crippen LogP contribution in [-0.2, 0) is 18.9 Å². The summed E-state index contributed by atoms with van der Waals surface area (Å²) >= 11 is 0. The Morgan fingerprint density at radius 3 is 2.62 bits per heavy atom. The van der Waals surface area contributed by atoms with E-state index in [9.17, 15) is 5.11 Å². The van der Waals surface area contributed by atoms with Gasteiger partial charge < -0.3 is 24.1 Å². The van der Waals surface area contributed by atoms with Crippen molar-refractivity contribution in [2.75, 3.05) is 6.61 Å². The lowest BCUT2D eigenvalue weighted by molar-refractivity contribution is -0.238. The first-order valence-corrected chi connectivity index (χ1v) is 8.89. The number of hydrogen-bond acceptors (Lipinski definition) is 5. The van der Waals surface area contributed by atoms with Gasteiger partial charge >= 0.3 is 0 Å². The Bertz CT molecular complexity index is 617. The van der Waals surface area contributed by atoms with Crippen LogP contribution in [0.1, 0.15) is 31.7 Å². The standard InChI is InChI=1S/C19H24O5/c1-19(2)23-17-16-15(22-18(17)24-19)14-11(9-21-16)8-12(20)13(14)10-6-4-3-5-7-10/h3-7,11-18,20H,8-9H2,1-2H3/t11-,12-,13+,14+,15-,16+,17-,18-/m1/s1. The lowest BCUT2D eigenvalue weighted by atomic mass is 9.77. The van der Waals surface area contributed by atoms with Gasteiger partial charge in [0.15, 0.2) is 12.1 Å². The molecule has 5 nitrogen and oxygen atoms in total. The van der Waals surface area contributed by atoms with E-state index in [1.54, 1.807) is 0 Å². The Morgan fingerprint density at radius 1 is 1.04 bits per heavy atom. The fourth-order valence-electron chi connectivity index (χ4n) is 5.17. The predicted molar refractivity (Wildman–Crippen MR) is 85.2 cm³/mol. The minimum atomic E-state index is -0.630. The highest BCUT2D eigenvalue weighted by Crippen LogP contribution is 2.54. The molecule has 0 bridgehead atoms. The Kier molecular flexibility index (Phi) is 3.35. The predicted octanol–water partition coefficient (Wildman–Crippen LogP) is 2.04. The first-order chi connectivity index (χ1) is 11.5. The molecule has 0 aromatic heterocycles. The van der Waals surface area contributed by atoms with Crippen molar-refractivity contribution in [2.24, 2.45) is 11.8 Å². The van der Waals surface area contributed by atoms with Gasteiger partial charge in [-0.15, -0.1) is 0 Å². The maximum Gasteiger partial charge on any atom is 0.190 e. The van der Waals surface area contributed by atoms with Gasteiger partial charge in [-0.3, -0.25) is 0 Å². The highest BCUT2D eigenvalue weighted by Gasteiger charge is 2.63. The summed E-state index contributed by atoms with van der Waals surface area (Å²) in [6, 6.07) is 10.3. The van der Waals surface area contributed by atoms with Gasteiger partial charge in [0, 0.05) is 11.8 Å². The molecule has 1 saturated carbocycles. The minimum absolute atomic E-state index is 0.0828. The average Bonchev–Trinajstić information content (AvgIpc) is 3.14. The van der Waals surface area contributed by atoms with Crippen LogP contribution in [0.2, 0.25) is 0 Å². The fraction of sp³-hybridized carbons (Fsp3) is 0.684. The van der Waals surface area contributed by atoms with Crippen LogP contribution in [0, 0.1) is 11.8 Å². The number of benzene rings is 1. The van der Waals surface area contributed by atoms with Gasteiger partial charge in [-0.05, 0) is 31.7 Å². The number of ether oxygens (including phenoxy) is 4. The van der Waals surface area contributed by atoms with Crippen molar-refractivity contribution in [2.45, 2.75) is 62.7 Å². The molecule has 1 N–H and O–H groups in total. The van der Waals surface area contributed by atoms with Crippen LogP contribution < -0.4 is 0 Å². The molecule has 0 unspecified atom stereocenters. The quantitative estimate of drug-likeness (QED) is 0.853. The summed E-state index contributed by atoms with van der Waals surface area (Å²) in [6.07, 6.45) is -0.346. The maximum atomic E-state index is 10.7. The minimum Gasteiger partial charge on any atom is -0.392 e. The van der Waals surface area contributed by atoms with Crippen LogP contribution in [0.4, 0.5) is 0 Å². The largest absolute Gasteiger partial charge is 0.392 e. The van der Waals surface area contributed by atoms with Crippen molar-refractivity contribution in [3.63, 3.8) is 0 Å². The molecule has 5 rings (SSSR count). The molecule has 0 spiro atoms. The van der Waals surface area contributed by atoms with Gasteiger partial charge in [0.25, 0.3) is 0 Å². The molecule has 1 aromatic carbocycles. The molecule has 0 amide bonds. The Labute approximate surface area is 141 Å². The third-order valence-electron chi connectivity index (χ3n) is 6.01. The van der Waals surface area contributed by atoms with Crippen molar-refractivity contribution in [1.82, 2.24) is 0 Å². The number of fused-ring (bicyclic) bond motifs is 5. The van der Waals surface area contributed by atoms with Crippen molar-refractivity contribution >= 4 is 0 Å². The lowest BCUT2D eigenvalue weighted by Gasteiger charge is -2.39. The topological polar surface area (TPSA) is 57.2 Å². The summed E-state index contributed by atoms with van der Waals surface area (Å²) in [5, 5.41) is 10.7. The van der Waals surface area contributed by atoms with Gasteiger partial charge in [0.05, 0.1) is 18.8 Å². The molecular weight excluding hydrogens is 308 g/mol. The SMILES string of the molecule is CC1(C)O[C@H]2O[C@H]3[C@H](OC[C@H]4C[C@@H](O)[C@H](c5ccccc5)[C@H]43)[C@H]2O1. The van der Waals surface area contributed by atoms with Crippen LogP contribution >= 0.6 is 0 Å². The van der Waals surface area contributed by atoms with Crippen molar-refractivity contribution in [3.8, 4) is 0 Å². The molecule has 8 atom stereocenters. The second kappa shape index (κ2) is 5.26. The highest BCUT2D eigenvalue weighted by atomic mass is 16.8. The van der Waals surface area contributed by atoms with Gasteiger partial charge in [-0.1, -0.05) is 30.3 Å². The molecule has 0 radical (unpaired) electrons. The maximum absolute atomic E-state index is 10.7.